The third kappa shape index (κ3) is 3.80. The topological polar surface area (TPSA) is 34.1 Å². The monoisotopic (exact) mass is 332 g/mol. The molecule has 0 unspecified atom stereocenters. The molecule has 0 aliphatic carbocycles. The van der Waals surface area contributed by atoms with Gasteiger partial charge >= 0.3 is 0 Å². The molecule has 22 heavy (non-hydrogen) atoms. The molecule has 116 valence electrons. The van der Waals surface area contributed by atoms with Crippen molar-refractivity contribution in [2.75, 3.05) is 13.6 Å². The van der Waals surface area contributed by atoms with E-state index in [4.69, 9.17) is 4.74 Å². The summed E-state index contributed by atoms with van der Waals surface area (Å²) >= 11 is 1.74. The highest BCUT2D eigenvalue weighted by Crippen LogP contribution is 2.32. The van der Waals surface area contributed by atoms with E-state index in [1.807, 2.05) is 37.6 Å². The minimum atomic E-state index is 0. The van der Waals surface area contributed by atoms with Crippen LogP contribution in [0.4, 0.5) is 0 Å². The standard InChI is InChI=1S/C17H18N2OS.H2S/c1-18-9-8-16(17-6-3-11-21-17)20-15-5-2-4-13-12-19-10-7-14(13)15;/h2-7,10-12,16,18H,8-9H2,1H3;1H2/t16-;/m0./s1. The van der Waals surface area contributed by atoms with Crippen molar-refractivity contribution in [1.82, 2.24) is 10.3 Å². The van der Waals surface area contributed by atoms with E-state index in [1.165, 1.54) is 4.88 Å². The number of hydrogen-bond acceptors (Lipinski definition) is 4. The first-order valence-corrected chi connectivity index (χ1v) is 7.94. The van der Waals surface area contributed by atoms with E-state index in [0.717, 1.165) is 29.5 Å². The predicted octanol–water partition coefficient (Wildman–Crippen LogP) is 4.14. The molecule has 1 aromatic carbocycles. The van der Waals surface area contributed by atoms with Crippen molar-refractivity contribution in [1.29, 1.82) is 0 Å². The second-order valence-corrected chi connectivity index (χ2v) is 5.85. The Morgan fingerprint density at radius 3 is 2.91 bits per heavy atom. The first-order chi connectivity index (χ1) is 10.4. The van der Waals surface area contributed by atoms with E-state index >= 15 is 0 Å². The van der Waals surface area contributed by atoms with Crippen LogP contribution < -0.4 is 10.1 Å². The number of ether oxygens (including phenoxy) is 1. The Balaban J connectivity index is 0.00000176. The SMILES string of the molecule is CNCC[C@H](Oc1cccc2cnccc12)c1cccs1.S. The fourth-order valence-electron chi connectivity index (χ4n) is 2.36. The zero-order valence-corrected chi connectivity index (χ0v) is 14.3. The maximum atomic E-state index is 6.32. The van der Waals surface area contributed by atoms with Crippen LogP contribution in [-0.4, -0.2) is 18.6 Å². The highest BCUT2D eigenvalue weighted by Gasteiger charge is 2.15. The summed E-state index contributed by atoms with van der Waals surface area (Å²) in [6.45, 7) is 0.925. The summed E-state index contributed by atoms with van der Waals surface area (Å²) in [5, 5.41) is 7.51. The second kappa shape index (κ2) is 8.17. The molecule has 0 bridgehead atoms. The number of fused-ring (bicyclic) bond motifs is 1. The molecule has 1 N–H and O–H groups in total. The number of aromatic nitrogens is 1. The zero-order chi connectivity index (χ0) is 14.5. The van der Waals surface area contributed by atoms with E-state index < -0.39 is 0 Å². The van der Waals surface area contributed by atoms with Gasteiger partial charge in [-0.1, -0.05) is 18.2 Å². The van der Waals surface area contributed by atoms with Crippen molar-refractivity contribution in [3.8, 4) is 5.75 Å². The summed E-state index contributed by atoms with van der Waals surface area (Å²) in [5.41, 5.74) is 0. The number of hydrogen-bond donors (Lipinski definition) is 1. The van der Waals surface area contributed by atoms with Crippen LogP contribution in [0.15, 0.2) is 54.2 Å². The summed E-state index contributed by atoms with van der Waals surface area (Å²) in [6, 6.07) is 12.3. The van der Waals surface area contributed by atoms with Crippen molar-refractivity contribution >= 4 is 35.6 Å². The van der Waals surface area contributed by atoms with E-state index in [-0.39, 0.29) is 19.6 Å². The van der Waals surface area contributed by atoms with Crippen molar-refractivity contribution in [3.05, 3.63) is 59.0 Å². The summed E-state index contributed by atoms with van der Waals surface area (Å²) in [6.07, 6.45) is 4.70. The first-order valence-electron chi connectivity index (χ1n) is 7.06. The molecule has 0 aliphatic rings. The maximum Gasteiger partial charge on any atom is 0.134 e. The van der Waals surface area contributed by atoms with Gasteiger partial charge in [0.15, 0.2) is 0 Å². The molecular weight excluding hydrogens is 312 g/mol. The van der Waals surface area contributed by atoms with Gasteiger partial charge in [0.05, 0.1) is 0 Å². The molecule has 2 heterocycles. The van der Waals surface area contributed by atoms with E-state index in [2.05, 4.69) is 33.9 Å². The van der Waals surface area contributed by atoms with Crippen LogP contribution in [0, 0.1) is 0 Å². The first kappa shape index (κ1) is 16.8. The lowest BCUT2D eigenvalue weighted by atomic mass is 10.1. The number of rotatable bonds is 6. The molecule has 2 aromatic heterocycles. The van der Waals surface area contributed by atoms with Crippen LogP contribution in [0.25, 0.3) is 10.8 Å². The highest BCUT2D eigenvalue weighted by molar-refractivity contribution is 7.59. The van der Waals surface area contributed by atoms with Gasteiger partial charge in [-0.25, -0.2) is 0 Å². The summed E-state index contributed by atoms with van der Waals surface area (Å²) in [5.74, 6) is 0.921. The number of benzene rings is 1. The molecule has 0 fully saturated rings. The van der Waals surface area contributed by atoms with Crippen LogP contribution in [0.3, 0.4) is 0 Å². The maximum absolute atomic E-state index is 6.32. The van der Waals surface area contributed by atoms with Crippen LogP contribution >= 0.6 is 24.8 Å². The molecule has 0 aliphatic heterocycles. The van der Waals surface area contributed by atoms with Crippen molar-refractivity contribution in [2.24, 2.45) is 0 Å². The molecule has 0 radical (unpaired) electrons. The molecule has 0 spiro atoms. The third-order valence-electron chi connectivity index (χ3n) is 3.43. The summed E-state index contributed by atoms with van der Waals surface area (Å²) in [7, 11) is 1.97. The smallest absolute Gasteiger partial charge is 0.134 e. The largest absolute Gasteiger partial charge is 0.484 e. The van der Waals surface area contributed by atoms with Gasteiger partial charge in [0, 0.05) is 34.5 Å². The molecule has 5 heteroatoms. The molecule has 3 rings (SSSR count). The van der Waals surface area contributed by atoms with Crippen LogP contribution in [0.2, 0.25) is 0 Å². The quantitative estimate of drug-likeness (QED) is 0.737. The Kier molecular flexibility index (Phi) is 6.24. The molecule has 0 saturated heterocycles. The van der Waals surface area contributed by atoms with Crippen LogP contribution in [0.5, 0.6) is 5.75 Å². The number of thiophene rings is 1. The number of pyridine rings is 1. The van der Waals surface area contributed by atoms with Gasteiger partial charge in [0.25, 0.3) is 0 Å². The third-order valence-corrected chi connectivity index (χ3v) is 4.39. The zero-order valence-electron chi connectivity index (χ0n) is 12.5. The van der Waals surface area contributed by atoms with Gasteiger partial charge in [-0.05, 0) is 37.2 Å². The molecular formula is C17H20N2OS2. The molecule has 1 atom stereocenters. The van der Waals surface area contributed by atoms with Gasteiger partial charge < -0.3 is 10.1 Å². The normalized spacial score (nSPS) is 11.9. The lowest BCUT2D eigenvalue weighted by Gasteiger charge is -2.19. The lowest BCUT2D eigenvalue weighted by Crippen LogP contribution is -2.15. The van der Waals surface area contributed by atoms with Crippen LogP contribution in [-0.2, 0) is 0 Å². The van der Waals surface area contributed by atoms with Crippen molar-refractivity contribution in [2.45, 2.75) is 12.5 Å². The van der Waals surface area contributed by atoms with Gasteiger partial charge in [-0.2, -0.15) is 13.5 Å². The summed E-state index contributed by atoms with van der Waals surface area (Å²) in [4.78, 5) is 5.43. The Labute approximate surface area is 141 Å². The second-order valence-electron chi connectivity index (χ2n) is 4.87. The fourth-order valence-corrected chi connectivity index (χ4v) is 3.15. The van der Waals surface area contributed by atoms with Crippen molar-refractivity contribution in [3.63, 3.8) is 0 Å². The molecule has 0 saturated carbocycles. The molecule has 3 nitrogen and oxygen atoms in total. The predicted molar refractivity (Wildman–Crippen MR) is 98.4 cm³/mol. The average molecular weight is 332 g/mol. The minimum absolute atomic E-state index is 0. The van der Waals surface area contributed by atoms with Gasteiger partial charge in [-0.15, -0.1) is 11.3 Å². The van der Waals surface area contributed by atoms with E-state index in [0.29, 0.717) is 0 Å². The number of nitrogens with one attached hydrogen (secondary N) is 1. The molecule has 0 amide bonds. The van der Waals surface area contributed by atoms with Crippen molar-refractivity contribution < 1.29 is 4.74 Å². The highest BCUT2D eigenvalue weighted by atomic mass is 32.1. The Morgan fingerprint density at radius 2 is 2.14 bits per heavy atom. The van der Waals surface area contributed by atoms with Gasteiger partial charge in [0.1, 0.15) is 11.9 Å². The van der Waals surface area contributed by atoms with E-state index in [1.54, 1.807) is 11.3 Å². The molecule has 3 aromatic rings. The Hall–Kier alpha value is -1.56. The average Bonchev–Trinajstić information content (AvgIpc) is 3.06. The lowest BCUT2D eigenvalue weighted by molar-refractivity contribution is 0.201. The minimum Gasteiger partial charge on any atom is -0.484 e. The number of nitrogens with zero attached hydrogens (tertiary/aromatic N) is 1. The summed E-state index contributed by atoms with van der Waals surface area (Å²) < 4.78 is 6.32. The van der Waals surface area contributed by atoms with E-state index in [9.17, 15) is 0 Å². The van der Waals surface area contributed by atoms with Crippen LogP contribution in [0.1, 0.15) is 17.4 Å². The fraction of sp³-hybridized carbons (Fsp3) is 0.235. The van der Waals surface area contributed by atoms with Gasteiger partial charge in [-0.3, -0.25) is 4.98 Å². The van der Waals surface area contributed by atoms with Gasteiger partial charge in [0.2, 0.25) is 0 Å². The Morgan fingerprint density at radius 1 is 1.23 bits per heavy atom. The Bertz CT molecular complexity index is 695.